The molecule has 1 heterocycles. The number of rotatable bonds is 8. The van der Waals surface area contributed by atoms with Crippen molar-refractivity contribution in [3.8, 4) is 0 Å². The van der Waals surface area contributed by atoms with Crippen LogP contribution in [0.15, 0.2) is 60.9 Å². The highest BCUT2D eigenvalue weighted by atomic mass is 16.5. The Morgan fingerprint density at radius 3 is 2.45 bits per heavy atom. The number of nitrogens with zero attached hydrogens (tertiary/aromatic N) is 4. The summed E-state index contributed by atoms with van der Waals surface area (Å²) in [5.74, 6) is -0.937. The van der Waals surface area contributed by atoms with Crippen molar-refractivity contribution in [2.24, 2.45) is 0 Å². The number of tetrazole rings is 1. The van der Waals surface area contributed by atoms with Crippen molar-refractivity contribution in [3.05, 3.63) is 77.6 Å². The quantitative estimate of drug-likeness (QED) is 0.588. The van der Waals surface area contributed by atoms with E-state index in [0.29, 0.717) is 13.0 Å². The molecule has 150 valence electrons. The van der Waals surface area contributed by atoms with Gasteiger partial charge in [-0.2, -0.15) is 0 Å². The molecule has 1 amide bonds. The number of aromatic nitrogens is 4. The van der Waals surface area contributed by atoms with E-state index in [1.807, 2.05) is 61.5 Å². The van der Waals surface area contributed by atoms with Crippen LogP contribution in [0.2, 0.25) is 0 Å². The Kier molecular flexibility index (Phi) is 6.67. The predicted octanol–water partition coefficient (Wildman–Crippen LogP) is 2.01. The van der Waals surface area contributed by atoms with Crippen molar-refractivity contribution in [1.29, 1.82) is 0 Å². The van der Waals surface area contributed by atoms with Gasteiger partial charge in [-0.3, -0.25) is 4.79 Å². The molecule has 0 spiro atoms. The zero-order valence-electron chi connectivity index (χ0n) is 16.4. The minimum atomic E-state index is -0.942. The Morgan fingerprint density at radius 1 is 1.07 bits per heavy atom. The van der Waals surface area contributed by atoms with Gasteiger partial charge in [0.15, 0.2) is 12.1 Å². The van der Waals surface area contributed by atoms with Gasteiger partial charge in [0.2, 0.25) is 0 Å². The maximum absolute atomic E-state index is 12.8. The number of ether oxygens (including phenoxy) is 1. The normalized spacial score (nSPS) is 12.8. The van der Waals surface area contributed by atoms with E-state index in [4.69, 9.17) is 4.74 Å². The monoisotopic (exact) mass is 393 g/mol. The van der Waals surface area contributed by atoms with Crippen LogP contribution in [0.4, 0.5) is 0 Å². The summed E-state index contributed by atoms with van der Waals surface area (Å²) >= 11 is 0. The van der Waals surface area contributed by atoms with Gasteiger partial charge in [0.25, 0.3) is 5.91 Å². The Bertz CT molecular complexity index is 927. The van der Waals surface area contributed by atoms with Crippen molar-refractivity contribution >= 4 is 11.9 Å². The standard InChI is InChI=1S/C21H23N5O3/c1-15-8-10-18(11-9-15)13-22-20(27)16(2)29-21(28)19(26-14-23-24-25-26)12-17-6-4-3-5-7-17/h3-11,14,16,19H,12-13H2,1-2H3,(H,22,27)/t16-,19-/m1/s1. The molecule has 1 aromatic heterocycles. The van der Waals surface area contributed by atoms with Gasteiger partial charge in [-0.1, -0.05) is 60.2 Å². The van der Waals surface area contributed by atoms with E-state index >= 15 is 0 Å². The highest BCUT2D eigenvalue weighted by Gasteiger charge is 2.27. The van der Waals surface area contributed by atoms with Crippen molar-refractivity contribution in [2.45, 2.75) is 39.0 Å². The van der Waals surface area contributed by atoms with E-state index in [2.05, 4.69) is 20.8 Å². The van der Waals surface area contributed by atoms with E-state index in [1.54, 1.807) is 6.92 Å². The van der Waals surface area contributed by atoms with Gasteiger partial charge in [0.05, 0.1) is 0 Å². The summed E-state index contributed by atoms with van der Waals surface area (Å²) in [6.45, 7) is 3.91. The summed E-state index contributed by atoms with van der Waals surface area (Å²) in [4.78, 5) is 25.1. The third kappa shape index (κ3) is 5.71. The van der Waals surface area contributed by atoms with Crippen molar-refractivity contribution in [2.75, 3.05) is 0 Å². The summed E-state index contributed by atoms with van der Waals surface area (Å²) in [6, 6.07) is 16.6. The number of carbonyl (C=O) groups excluding carboxylic acids is 2. The summed E-state index contributed by atoms with van der Waals surface area (Å²) < 4.78 is 6.75. The zero-order valence-corrected chi connectivity index (χ0v) is 16.4. The van der Waals surface area contributed by atoms with Crippen LogP contribution in [0, 0.1) is 6.92 Å². The molecule has 0 aliphatic heterocycles. The Hall–Kier alpha value is -3.55. The highest BCUT2D eigenvalue weighted by molar-refractivity contribution is 5.84. The maximum atomic E-state index is 12.8. The van der Waals surface area contributed by atoms with Crippen LogP contribution < -0.4 is 5.32 Å². The summed E-state index contributed by atoms with van der Waals surface area (Å²) in [5.41, 5.74) is 3.05. The second-order valence-electron chi connectivity index (χ2n) is 6.78. The van der Waals surface area contributed by atoms with Gasteiger partial charge in [-0.05, 0) is 35.4 Å². The number of carbonyl (C=O) groups is 2. The van der Waals surface area contributed by atoms with Crippen LogP contribution in [0.1, 0.15) is 29.7 Å². The molecule has 0 saturated heterocycles. The first-order chi connectivity index (χ1) is 14.0. The summed E-state index contributed by atoms with van der Waals surface area (Å²) in [7, 11) is 0. The number of esters is 1. The van der Waals surface area contributed by atoms with Crippen LogP contribution in [-0.4, -0.2) is 38.2 Å². The third-order valence-corrected chi connectivity index (χ3v) is 4.48. The summed E-state index contributed by atoms with van der Waals surface area (Å²) in [5, 5.41) is 13.8. The van der Waals surface area contributed by atoms with E-state index < -0.39 is 18.1 Å². The summed E-state index contributed by atoms with van der Waals surface area (Å²) in [6.07, 6.45) is 0.766. The molecule has 3 rings (SSSR count). The average Bonchev–Trinajstić information content (AvgIpc) is 3.26. The Labute approximate surface area is 168 Å². The molecule has 0 aliphatic rings. The largest absolute Gasteiger partial charge is 0.451 e. The number of hydrogen-bond acceptors (Lipinski definition) is 6. The van der Waals surface area contributed by atoms with E-state index in [-0.39, 0.29) is 5.91 Å². The van der Waals surface area contributed by atoms with E-state index in [0.717, 1.165) is 16.7 Å². The second-order valence-corrected chi connectivity index (χ2v) is 6.78. The van der Waals surface area contributed by atoms with Crippen molar-refractivity contribution in [3.63, 3.8) is 0 Å². The van der Waals surface area contributed by atoms with Crippen LogP contribution in [0.25, 0.3) is 0 Å². The van der Waals surface area contributed by atoms with Crippen molar-refractivity contribution < 1.29 is 14.3 Å². The smallest absolute Gasteiger partial charge is 0.332 e. The Balaban J connectivity index is 1.60. The second kappa shape index (κ2) is 9.59. The van der Waals surface area contributed by atoms with Crippen LogP contribution in [0.3, 0.4) is 0 Å². The molecule has 8 heteroatoms. The first-order valence-electron chi connectivity index (χ1n) is 9.33. The van der Waals surface area contributed by atoms with E-state index in [1.165, 1.54) is 11.0 Å². The number of hydrogen-bond donors (Lipinski definition) is 1. The van der Waals surface area contributed by atoms with Crippen molar-refractivity contribution in [1.82, 2.24) is 25.5 Å². The molecule has 0 radical (unpaired) electrons. The SMILES string of the molecule is Cc1ccc(CNC(=O)[C@@H](C)OC(=O)[C@@H](Cc2ccccc2)n2cnnn2)cc1. The molecule has 2 aromatic carbocycles. The number of aryl methyl sites for hydroxylation is 1. The first kappa shape index (κ1) is 20.2. The molecule has 8 nitrogen and oxygen atoms in total. The number of benzene rings is 2. The molecule has 0 bridgehead atoms. The fourth-order valence-corrected chi connectivity index (χ4v) is 2.78. The van der Waals surface area contributed by atoms with Gasteiger partial charge in [-0.25, -0.2) is 9.48 Å². The molecule has 0 unspecified atom stereocenters. The lowest BCUT2D eigenvalue weighted by Crippen LogP contribution is -2.37. The van der Waals surface area contributed by atoms with Gasteiger partial charge in [-0.15, -0.1) is 5.10 Å². The van der Waals surface area contributed by atoms with E-state index in [9.17, 15) is 9.59 Å². The molecule has 3 aromatic rings. The topological polar surface area (TPSA) is 99.0 Å². The molecule has 0 saturated carbocycles. The maximum Gasteiger partial charge on any atom is 0.332 e. The fraction of sp³-hybridized carbons (Fsp3) is 0.286. The fourth-order valence-electron chi connectivity index (χ4n) is 2.78. The molecule has 2 atom stereocenters. The molecule has 29 heavy (non-hydrogen) atoms. The lowest BCUT2D eigenvalue weighted by molar-refractivity contribution is -0.158. The van der Waals surface area contributed by atoms with Gasteiger partial charge in [0.1, 0.15) is 6.33 Å². The molecular weight excluding hydrogens is 370 g/mol. The number of amides is 1. The molecule has 0 fully saturated rings. The first-order valence-corrected chi connectivity index (χ1v) is 9.33. The highest BCUT2D eigenvalue weighted by Crippen LogP contribution is 2.16. The molecule has 1 N–H and O–H groups in total. The molecule has 0 aliphatic carbocycles. The lowest BCUT2D eigenvalue weighted by atomic mass is 10.1. The van der Waals surface area contributed by atoms with Gasteiger partial charge >= 0.3 is 5.97 Å². The van der Waals surface area contributed by atoms with Crippen LogP contribution in [0.5, 0.6) is 0 Å². The van der Waals surface area contributed by atoms with Gasteiger partial charge in [0, 0.05) is 13.0 Å². The molecular formula is C21H23N5O3. The average molecular weight is 393 g/mol. The van der Waals surface area contributed by atoms with Crippen LogP contribution >= 0.6 is 0 Å². The van der Waals surface area contributed by atoms with Crippen LogP contribution in [-0.2, 0) is 27.3 Å². The predicted molar refractivity (Wildman–Crippen MR) is 106 cm³/mol. The minimum absolute atomic E-state index is 0.350. The third-order valence-electron chi connectivity index (χ3n) is 4.48. The minimum Gasteiger partial charge on any atom is -0.451 e. The lowest BCUT2D eigenvalue weighted by Gasteiger charge is -2.19. The van der Waals surface area contributed by atoms with Gasteiger partial charge < -0.3 is 10.1 Å². The number of nitrogens with one attached hydrogen (secondary N) is 1. The zero-order chi connectivity index (χ0) is 20.6. The Morgan fingerprint density at radius 2 is 1.79 bits per heavy atom.